The van der Waals surface area contributed by atoms with Crippen LogP contribution in [0.1, 0.15) is 56.9 Å². The van der Waals surface area contributed by atoms with Gasteiger partial charge in [0.05, 0.1) is 10.8 Å². The van der Waals surface area contributed by atoms with Crippen LogP contribution in [0.15, 0.2) is 29.2 Å². The third-order valence-electron chi connectivity index (χ3n) is 6.08. The molecule has 1 aromatic rings. The lowest BCUT2D eigenvalue weighted by Crippen LogP contribution is -2.53. The van der Waals surface area contributed by atoms with Crippen molar-refractivity contribution in [2.45, 2.75) is 74.0 Å². The Labute approximate surface area is 160 Å². The Bertz CT molecular complexity index is 801. The van der Waals surface area contributed by atoms with Crippen molar-refractivity contribution in [3.63, 3.8) is 0 Å². The number of carbonyl (C=O) groups excluding carboxylic acids is 1. The van der Waals surface area contributed by atoms with Crippen LogP contribution >= 0.6 is 0 Å². The monoisotopic (exact) mass is 393 g/mol. The Morgan fingerprint density at radius 2 is 1.59 bits per heavy atom. The van der Waals surface area contributed by atoms with E-state index in [1.807, 2.05) is 6.92 Å². The first-order chi connectivity index (χ1) is 12.8. The van der Waals surface area contributed by atoms with Gasteiger partial charge < -0.3 is 10.4 Å². The van der Waals surface area contributed by atoms with Crippen LogP contribution in [0.4, 0.5) is 0 Å². The number of rotatable bonds is 5. The SMILES string of the molecule is Cc1ccc(S(=O)(=O)C2(C(=O)NC3CCC(C(=O)O)CC3)CCCC2)cc1. The van der Waals surface area contributed by atoms with Crippen LogP contribution in [0.3, 0.4) is 0 Å². The molecule has 2 N–H and O–H groups in total. The zero-order valence-electron chi connectivity index (χ0n) is 15.6. The fourth-order valence-electron chi connectivity index (χ4n) is 4.31. The van der Waals surface area contributed by atoms with Crippen LogP contribution in [0, 0.1) is 12.8 Å². The molecule has 3 rings (SSSR count). The van der Waals surface area contributed by atoms with Gasteiger partial charge >= 0.3 is 5.97 Å². The van der Waals surface area contributed by atoms with E-state index in [9.17, 15) is 18.0 Å². The molecule has 2 fully saturated rings. The predicted molar refractivity (Wildman–Crippen MR) is 101 cm³/mol. The van der Waals surface area contributed by atoms with Gasteiger partial charge in [-0.25, -0.2) is 8.42 Å². The predicted octanol–water partition coefficient (Wildman–Crippen LogP) is 2.84. The van der Waals surface area contributed by atoms with E-state index >= 15 is 0 Å². The summed E-state index contributed by atoms with van der Waals surface area (Å²) in [6, 6.07) is 6.51. The van der Waals surface area contributed by atoms with Crippen molar-refractivity contribution in [1.82, 2.24) is 5.32 Å². The van der Waals surface area contributed by atoms with E-state index in [0.717, 1.165) is 5.56 Å². The number of amides is 1. The van der Waals surface area contributed by atoms with Crippen molar-refractivity contribution in [3.05, 3.63) is 29.8 Å². The lowest BCUT2D eigenvalue weighted by atomic mass is 9.86. The summed E-state index contributed by atoms with van der Waals surface area (Å²) in [5, 5.41) is 12.0. The minimum atomic E-state index is -3.80. The number of hydrogen-bond donors (Lipinski definition) is 2. The van der Waals surface area contributed by atoms with Crippen LogP contribution in [0.2, 0.25) is 0 Å². The van der Waals surface area contributed by atoms with Crippen LogP contribution in [-0.4, -0.2) is 36.2 Å². The Balaban J connectivity index is 1.79. The summed E-state index contributed by atoms with van der Waals surface area (Å²) in [6.07, 6.45) is 4.26. The number of benzene rings is 1. The highest BCUT2D eigenvalue weighted by Crippen LogP contribution is 2.41. The number of sulfone groups is 1. The maximum absolute atomic E-state index is 13.4. The van der Waals surface area contributed by atoms with E-state index < -0.39 is 26.5 Å². The van der Waals surface area contributed by atoms with Gasteiger partial charge in [-0.1, -0.05) is 30.5 Å². The molecule has 0 bridgehead atoms. The first kappa shape index (κ1) is 19.9. The molecular weight excluding hydrogens is 366 g/mol. The molecule has 6 nitrogen and oxygen atoms in total. The molecule has 0 atom stereocenters. The molecule has 148 valence electrons. The minimum Gasteiger partial charge on any atom is -0.481 e. The number of carboxylic acid groups (broad SMARTS) is 1. The molecule has 27 heavy (non-hydrogen) atoms. The summed E-state index contributed by atoms with van der Waals surface area (Å²) in [5.41, 5.74) is 0.967. The average Bonchev–Trinajstić information content (AvgIpc) is 3.14. The van der Waals surface area contributed by atoms with Gasteiger partial charge in [-0.3, -0.25) is 9.59 Å². The first-order valence-electron chi connectivity index (χ1n) is 9.61. The summed E-state index contributed by atoms with van der Waals surface area (Å²) >= 11 is 0. The van der Waals surface area contributed by atoms with E-state index in [0.29, 0.717) is 51.4 Å². The average molecular weight is 394 g/mol. The molecule has 0 spiro atoms. The number of aliphatic carboxylic acids is 1. The summed E-state index contributed by atoms with van der Waals surface area (Å²) in [4.78, 5) is 24.4. The van der Waals surface area contributed by atoms with Crippen molar-refractivity contribution in [2.24, 2.45) is 5.92 Å². The molecule has 0 aromatic heterocycles. The van der Waals surface area contributed by atoms with Crippen molar-refractivity contribution in [2.75, 3.05) is 0 Å². The highest BCUT2D eigenvalue weighted by atomic mass is 32.2. The molecule has 2 aliphatic rings. The third kappa shape index (κ3) is 3.74. The second-order valence-corrected chi connectivity index (χ2v) is 10.1. The van der Waals surface area contributed by atoms with Gasteiger partial charge in [0.15, 0.2) is 14.6 Å². The number of carboxylic acids is 1. The highest BCUT2D eigenvalue weighted by molar-refractivity contribution is 7.93. The first-order valence-corrected chi connectivity index (χ1v) is 11.1. The van der Waals surface area contributed by atoms with E-state index in [-0.39, 0.29) is 16.9 Å². The molecule has 0 heterocycles. The maximum Gasteiger partial charge on any atom is 0.306 e. The summed E-state index contributed by atoms with van der Waals surface area (Å²) in [7, 11) is -3.80. The van der Waals surface area contributed by atoms with Crippen molar-refractivity contribution >= 4 is 21.7 Å². The van der Waals surface area contributed by atoms with Gasteiger partial charge in [0, 0.05) is 6.04 Å². The quantitative estimate of drug-likeness (QED) is 0.801. The molecule has 1 amide bonds. The fraction of sp³-hybridized carbons (Fsp3) is 0.600. The Hall–Kier alpha value is -1.89. The zero-order chi connectivity index (χ0) is 19.7. The third-order valence-corrected chi connectivity index (χ3v) is 8.60. The molecule has 7 heteroatoms. The highest BCUT2D eigenvalue weighted by Gasteiger charge is 2.53. The zero-order valence-corrected chi connectivity index (χ0v) is 16.4. The topological polar surface area (TPSA) is 101 Å². The number of aryl methyl sites for hydroxylation is 1. The lowest BCUT2D eigenvalue weighted by molar-refractivity contribution is -0.142. The number of nitrogens with one attached hydrogen (secondary N) is 1. The largest absolute Gasteiger partial charge is 0.481 e. The van der Waals surface area contributed by atoms with E-state index in [4.69, 9.17) is 5.11 Å². The Morgan fingerprint density at radius 1 is 1.04 bits per heavy atom. The van der Waals surface area contributed by atoms with E-state index in [1.54, 1.807) is 24.3 Å². The van der Waals surface area contributed by atoms with Gasteiger partial charge in [0.1, 0.15) is 0 Å². The molecule has 2 saturated carbocycles. The van der Waals surface area contributed by atoms with Gasteiger partial charge in [-0.05, 0) is 57.6 Å². The van der Waals surface area contributed by atoms with Crippen molar-refractivity contribution in [1.29, 1.82) is 0 Å². The smallest absolute Gasteiger partial charge is 0.306 e. The summed E-state index contributed by atoms with van der Waals surface area (Å²) < 4.78 is 25.3. The summed E-state index contributed by atoms with van der Waals surface area (Å²) in [6.45, 7) is 1.89. The maximum atomic E-state index is 13.4. The second-order valence-electron chi connectivity index (χ2n) is 7.88. The standard InChI is InChI=1S/C20H27NO5S/c1-14-4-10-17(11-5-14)27(25,26)20(12-2-3-13-20)19(24)21-16-8-6-15(7-9-16)18(22)23/h4-5,10-11,15-16H,2-3,6-9,12-13H2,1H3,(H,21,24)(H,22,23). The van der Waals surface area contributed by atoms with Crippen molar-refractivity contribution < 1.29 is 23.1 Å². The lowest BCUT2D eigenvalue weighted by Gasteiger charge is -2.32. The second kappa shape index (κ2) is 7.62. The normalized spacial score (nSPS) is 25.1. The van der Waals surface area contributed by atoms with Crippen LogP contribution in [0.5, 0.6) is 0 Å². The van der Waals surface area contributed by atoms with Gasteiger partial charge in [-0.2, -0.15) is 0 Å². The van der Waals surface area contributed by atoms with Crippen LogP contribution in [0.25, 0.3) is 0 Å². The molecular formula is C20H27NO5S. The minimum absolute atomic E-state index is 0.154. The fourth-order valence-corrected chi connectivity index (χ4v) is 6.38. The number of carbonyl (C=O) groups is 2. The Morgan fingerprint density at radius 3 is 2.11 bits per heavy atom. The molecule has 2 aliphatic carbocycles. The van der Waals surface area contributed by atoms with Gasteiger partial charge in [0.2, 0.25) is 5.91 Å². The molecule has 0 radical (unpaired) electrons. The molecule has 0 saturated heterocycles. The van der Waals surface area contributed by atoms with E-state index in [1.165, 1.54) is 0 Å². The van der Waals surface area contributed by atoms with Crippen LogP contribution < -0.4 is 5.32 Å². The Kier molecular flexibility index (Phi) is 5.60. The van der Waals surface area contributed by atoms with Crippen LogP contribution in [-0.2, 0) is 19.4 Å². The summed E-state index contributed by atoms with van der Waals surface area (Å²) in [5.74, 6) is -1.58. The van der Waals surface area contributed by atoms with E-state index in [2.05, 4.69) is 5.32 Å². The molecule has 1 aromatic carbocycles. The molecule has 0 unspecified atom stereocenters. The number of hydrogen-bond acceptors (Lipinski definition) is 4. The molecule has 0 aliphatic heterocycles. The van der Waals surface area contributed by atoms with Gasteiger partial charge in [-0.15, -0.1) is 0 Å². The van der Waals surface area contributed by atoms with Crippen molar-refractivity contribution in [3.8, 4) is 0 Å². The van der Waals surface area contributed by atoms with Gasteiger partial charge in [0.25, 0.3) is 0 Å².